The predicted molar refractivity (Wildman–Crippen MR) is 98.3 cm³/mol. The highest BCUT2D eigenvalue weighted by Crippen LogP contribution is 2.34. The van der Waals surface area contributed by atoms with E-state index < -0.39 is 35.9 Å². The van der Waals surface area contributed by atoms with Gasteiger partial charge < -0.3 is 10.1 Å². The molecule has 1 N–H and O–H groups in total. The number of thioether (sulfide) groups is 1. The molecule has 0 bridgehead atoms. The fourth-order valence-electron chi connectivity index (χ4n) is 2.09. The summed E-state index contributed by atoms with van der Waals surface area (Å²) in [4.78, 5) is 24.5. The Kier molecular flexibility index (Phi) is 7.06. The summed E-state index contributed by atoms with van der Waals surface area (Å²) < 4.78 is 43.4. The number of carbonyl (C=O) groups excluding carboxylic acids is 2. The fourth-order valence-corrected chi connectivity index (χ4v) is 2.50. The van der Waals surface area contributed by atoms with Crippen molar-refractivity contribution in [3.63, 3.8) is 0 Å². The highest BCUT2D eigenvalue weighted by molar-refractivity contribution is 7.98. The average Bonchev–Trinajstić information content (AvgIpc) is 2.64. The standard InChI is InChI=1S/C19H16F3NO3S/c1-27-14-9-6-13(7-10-14)8-11-18(25)26-12-17(24)23-16-5-3-2-4-15(16)19(20,21)22/h2-11H,12H2,1H3,(H,23,24). The number of alkyl halides is 3. The van der Waals surface area contributed by atoms with Gasteiger partial charge in [0.2, 0.25) is 0 Å². The topological polar surface area (TPSA) is 55.4 Å². The minimum atomic E-state index is -4.60. The Labute approximate surface area is 158 Å². The Morgan fingerprint density at radius 1 is 1.11 bits per heavy atom. The summed E-state index contributed by atoms with van der Waals surface area (Å²) in [6.07, 6.45) is 0.00379. The largest absolute Gasteiger partial charge is 0.452 e. The maximum Gasteiger partial charge on any atom is 0.418 e. The van der Waals surface area contributed by atoms with Crippen molar-refractivity contribution in [3.05, 3.63) is 65.7 Å². The molecule has 2 aromatic carbocycles. The van der Waals surface area contributed by atoms with E-state index in [-0.39, 0.29) is 0 Å². The SMILES string of the molecule is CSc1ccc(C=CC(=O)OCC(=O)Nc2ccccc2C(F)(F)F)cc1. The van der Waals surface area contributed by atoms with Crippen LogP contribution in [0.2, 0.25) is 0 Å². The van der Waals surface area contributed by atoms with Gasteiger partial charge in [0.05, 0.1) is 11.3 Å². The molecule has 0 spiro atoms. The van der Waals surface area contributed by atoms with Gasteiger partial charge in [-0.15, -0.1) is 11.8 Å². The highest BCUT2D eigenvalue weighted by atomic mass is 32.2. The van der Waals surface area contributed by atoms with Crippen molar-refractivity contribution in [3.8, 4) is 0 Å². The molecule has 0 saturated carbocycles. The lowest BCUT2D eigenvalue weighted by Gasteiger charge is -2.13. The van der Waals surface area contributed by atoms with Crippen molar-refractivity contribution < 1.29 is 27.5 Å². The van der Waals surface area contributed by atoms with Crippen LogP contribution in [0.1, 0.15) is 11.1 Å². The van der Waals surface area contributed by atoms with Gasteiger partial charge in [-0.2, -0.15) is 13.2 Å². The van der Waals surface area contributed by atoms with Crippen molar-refractivity contribution in [2.24, 2.45) is 0 Å². The highest BCUT2D eigenvalue weighted by Gasteiger charge is 2.33. The Bertz CT molecular complexity index is 833. The van der Waals surface area contributed by atoms with E-state index in [0.29, 0.717) is 0 Å². The van der Waals surface area contributed by atoms with Gasteiger partial charge in [0.15, 0.2) is 6.61 Å². The Morgan fingerprint density at radius 2 is 1.78 bits per heavy atom. The second kappa shape index (κ2) is 9.27. The molecule has 142 valence electrons. The van der Waals surface area contributed by atoms with E-state index in [1.165, 1.54) is 18.2 Å². The summed E-state index contributed by atoms with van der Waals surface area (Å²) in [7, 11) is 0. The molecule has 0 fully saturated rings. The smallest absolute Gasteiger partial charge is 0.418 e. The van der Waals surface area contributed by atoms with Gasteiger partial charge in [0, 0.05) is 11.0 Å². The van der Waals surface area contributed by atoms with E-state index in [9.17, 15) is 22.8 Å². The van der Waals surface area contributed by atoms with Gasteiger partial charge in [0.25, 0.3) is 5.91 Å². The van der Waals surface area contributed by atoms with E-state index in [2.05, 4.69) is 5.32 Å². The molecule has 27 heavy (non-hydrogen) atoms. The Hall–Kier alpha value is -2.74. The zero-order chi connectivity index (χ0) is 19.9. The van der Waals surface area contributed by atoms with E-state index in [1.54, 1.807) is 11.8 Å². The number of hydrogen-bond donors (Lipinski definition) is 1. The van der Waals surface area contributed by atoms with Crippen molar-refractivity contribution in [1.29, 1.82) is 0 Å². The maximum atomic E-state index is 12.9. The Balaban J connectivity index is 1.88. The molecule has 0 heterocycles. The first-order valence-electron chi connectivity index (χ1n) is 7.74. The van der Waals surface area contributed by atoms with Gasteiger partial charge in [-0.3, -0.25) is 4.79 Å². The van der Waals surface area contributed by atoms with Gasteiger partial charge >= 0.3 is 12.1 Å². The number of benzene rings is 2. The zero-order valence-electron chi connectivity index (χ0n) is 14.2. The van der Waals surface area contributed by atoms with Crippen LogP contribution >= 0.6 is 11.8 Å². The van der Waals surface area contributed by atoms with Gasteiger partial charge in [-0.25, -0.2) is 4.79 Å². The zero-order valence-corrected chi connectivity index (χ0v) is 15.1. The summed E-state index contributed by atoms with van der Waals surface area (Å²) >= 11 is 1.59. The molecule has 2 aromatic rings. The Morgan fingerprint density at radius 3 is 2.41 bits per heavy atom. The second-order valence-corrected chi connectivity index (χ2v) is 6.19. The molecule has 0 aromatic heterocycles. The summed E-state index contributed by atoms with van der Waals surface area (Å²) in [5.41, 5.74) is -0.595. The van der Waals surface area contributed by atoms with E-state index >= 15 is 0 Å². The molecular weight excluding hydrogens is 379 g/mol. The van der Waals surface area contributed by atoms with E-state index in [0.717, 1.165) is 28.7 Å². The third-order valence-corrected chi connectivity index (χ3v) is 4.12. The summed E-state index contributed by atoms with van der Waals surface area (Å²) in [5.74, 6) is -1.64. The first-order valence-corrected chi connectivity index (χ1v) is 8.97. The van der Waals surface area contributed by atoms with E-state index in [1.807, 2.05) is 30.5 Å². The molecule has 0 unspecified atom stereocenters. The number of rotatable bonds is 6. The number of ether oxygens (including phenoxy) is 1. The molecule has 0 saturated heterocycles. The summed E-state index contributed by atoms with van der Waals surface area (Å²) in [6.45, 7) is -0.694. The molecule has 1 amide bonds. The van der Waals surface area contributed by atoms with Gasteiger partial charge in [-0.05, 0) is 42.2 Å². The molecule has 2 rings (SSSR count). The molecule has 0 atom stereocenters. The number of halogens is 3. The lowest BCUT2D eigenvalue weighted by atomic mass is 10.1. The monoisotopic (exact) mass is 395 g/mol. The number of nitrogens with one attached hydrogen (secondary N) is 1. The number of amides is 1. The minimum absolute atomic E-state index is 0.393. The predicted octanol–water partition coefficient (Wildman–Crippen LogP) is 4.62. The van der Waals surface area contributed by atoms with Gasteiger partial charge in [0.1, 0.15) is 0 Å². The van der Waals surface area contributed by atoms with Crippen LogP contribution in [-0.2, 0) is 20.5 Å². The van der Waals surface area contributed by atoms with Crippen LogP contribution in [0.4, 0.5) is 18.9 Å². The number of anilines is 1. The van der Waals surface area contributed by atoms with E-state index in [4.69, 9.17) is 4.74 Å². The van der Waals surface area contributed by atoms with Crippen molar-refractivity contribution in [1.82, 2.24) is 0 Å². The number of hydrogen-bond acceptors (Lipinski definition) is 4. The van der Waals surface area contributed by atoms with Crippen LogP contribution in [0, 0.1) is 0 Å². The third kappa shape index (κ3) is 6.49. The van der Waals surface area contributed by atoms with Crippen LogP contribution in [-0.4, -0.2) is 24.7 Å². The molecule has 0 aliphatic carbocycles. The molecule has 0 radical (unpaired) electrons. The molecule has 0 aliphatic heterocycles. The van der Waals surface area contributed by atoms with Crippen LogP contribution in [0.3, 0.4) is 0 Å². The number of carbonyl (C=O) groups is 2. The minimum Gasteiger partial charge on any atom is -0.452 e. The van der Waals surface area contributed by atoms with Gasteiger partial charge in [-0.1, -0.05) is 24.3 Å². The average molecular weight is 395 g/mol. The second-order valence-electron chi connectivity index (χ2n) is 5.31. The maximum absolute atomic E-state index is 12.9. The van der Waals surface area contributed by atoms with Crippen LogP contribution in [0.5, 0.6) is 0 Å². The number of esters is 1. The molecule has 8 heteroatoms. The molecule has 0 aliphatic rings. The first-order chi connectivity index (χ1) is 12.8. The van der Waals surface area contributed by atoms with Crippen LogP contribution < -0.4 is 5.32 Å². The van der Waals surface area contributed by atoms with Crippen molar-refractivity contribution in [2.45, 2.75) is 11.1 Å². The van der Waals surface area contributed by atoms with Crippen molar-refractivity contribution >= 4 is 35.4 Å². The number of para-hydroxylation sites is 1. The summed E-state index contributed by atoms with van der Waals surface area (Å²) in [6, 6.07) is 12.0. The van der Waals surface area contributed by atoms with Crippen molar-refractivity contribution in [2.75, 3.05) is 18.2 Å². The van der Waals surface area contributed by atoms with Crippen LogP contribution in [0.15, 0.2) is 59.5 Å². The summed E-state index contributed by atoms with van der Waals surface area (Å²) in [5, 5.41) is 2.10. The molecule has 4 nitrogen and oxygen atoms in total. The lowest BCUT2D eigenvalue weighted by Crippen LogP contribution is -2.22. The third-order valence-electron chi connectivity index (χ3n) is 3.38. The normalized spacial score (nSPS) is 11.4. The lowest BCUT2D eigenvalue weighted by molar-refractivity contribution is -0.142. The quantitative estimate of drug-likeness (QED) is 0.440. The van der Waals surface area contributed by atoms with Crippen LogP contribution in [0.25, 0.3) is 6.08 Å². The molecular formula is C19H16F3NO3S. The first kappa shape index (κ1) is 20.6. The fraction of sp³-hybridized carbons (Fsp3) is 0.158.